The van der Waals surface area contributed by atoms with Gasteiger partial charge in [0, 0.05) is 24.5 Å². The summed E-state index contributed by atoms with van der Waals surface area (Å²) in [6.07, 6.45) is 5.87. The highest BCUT2D eigenvalue weighted by Gasteiger charge is 2.33. The third kappa shape index (κ3) is 5.79. The van der Waals surface area contributed by atoms with Gasteiger partial charge in [-0.3, -0.25) is 4.79 Å². The average molecular weight is 369 g/mol. The Morgan fingerprint density at radius 2 is 1.80 bits per heavy atom. The monoisotopic (exact) mass is 368 g/mol. The smallest absolute Gasteiger partial charge is 0.220 e. The Morgan fingerprint density at radius 1 is 1.16 bits per heavy atom. The molecule has 0 aromatic heterocycles. The maximum Gasteiger partial charge on any atom is 0.220 e. The molecule has 1 amide bonds. The van der Waals surface area contributed by atoms with Crippen molar-refractivity contribution in [3.05, 3.63) is 24.3 Å². The van der Waals surface area contributed by atoms with E-state index in [9.17, 15) is 4.79 Å². The molecule has 2 atom stereocenters. The number of fused-ring (bicyclic) bond motifs is 2. The van der Waals surface area contributed by atoms with E-state index < -0.39 is 0 Å². The Kier molecular flexibility index (Phi) is 7.85. The Labute approximate surface area is 156 Å². The minimum Gasteiger partial charge on any atom is -0.490 e. The van der Waals surface area contributed by atoms with Gasteiger partial charge >= 0.3 is 0 Å². The van der Waals surface area contributed by atoms with E-state index in [1.165, 1.54) is 12.8 Å². The molecule has 2 fully saturated rings. The van der Waals surface area contributed by atoms with Crippen molar-refractivity contribution in [3.8, 4) is 11.5 Å². The van der Waals surface area contributed by atoms with Crippen LogP contribution in [0.15, 0.2) is 24.3 Å². The van der Waals surface area contributed by atoms with Gasteiger partial charge < -0.3 is 20.1 Å². The van der Waals surface area contributed by atoms with Crippen molar-refractivity contribution in [1.82, 2.24) is 10.6 Å². The Hall–Kier alpha value is -1.46. The molecule has 140 valence electrons. The van der Waals surface area contributed by atoms with Crippen molar-refractivity contribution in [2.24, 2.45) is 0 Å². The van der Waals surface area contributed by atoms with Gasteiger partial charge in [0.05, 0.1) is 13.2 Å². The van der Waals surface area contributed by atoms with Gasteiger partial charge in [0.1, 0.15) is 0 Å². The van der Waals surface area contributed by atoms with Gasteiger partial charge in [-0.15, -0.1) is 12.4 Å². The summed E-state index contributed by atoms with van der Waals surface area (Å²) in [6.45, 7) is 3.09. The first kappa shape index (κ1) is 19.9. The summed E-state index contributed by atoms with van der Waals surface area (Å²) in [6, 6.07) is 9.20. The Bertz CT molecular complexity index is 543. The van der Waals surface area contributed by atoms with Crippen molar-refractivity contribution in [2.75, 3.05) is 13.2 Å². The topological polar surface area (TPSA) is 59.6 Å². The minimum atomic E-state index is 0. The number of hydrogen-bond acceptors (Lipinski definition) is 4. The summed E-state index contributed by atoms with van der Waals surface area (Å²) >= 11 is 0. The van der Waals surface area contributed by atoms with E-state index in [-0.39, 0.29) is 18.3 Å². The maximum absolute atomic E-state index is 12.1. The second-order valence-electron chi connectivity index (χ2n) is 6.71. The molecular formula is C19H29ClN2O3. The molecule has 5 nitrogen and oxygen atoms in total. The van der Waals surface area contributed by atoms with E-state index >= 15 is 0 Å². The van der Waals surface area contributed by atoms with E-state index in [0.29, 0.717) is 44.2 Å². The number of nitrogens with one attached hydrogen (secondary N) is 2. The molecule has 1 aromatic rings. The lowest BCUT2D eigenvalue weighted by Gasteiger charge is -2.29. The quantitative estimate of drug-likeness (QED) is 0.692. The number of hydrogen-bond donors (Lipinski definition) is 2. The number of rotatable bonds is 8. The standard InChI is InChI=1S/C19H28N2O3.ClH/c1-2-23-17-6-3-4-7-18(17)24-11-5-8-19(22)21-16-12-14-9-10-15(13-16)20-14;/h3-4,6-7,14-16,20H,2,5,8-13H2,1H3,(H,21,22);1H. The van der Waals surface area contributed by atoms with Crippen molar-refractivity contribution < 1.29 is 14.3 Å². The fraction of sp³-hybridized carbons (Fsp3) is 0.632. The predicted octanol–water partition coefficient (Wildman–Crippen LogP) is 3.07. The van der Waals surface area contributed by atoms with Crippen LogP contribution in [0.2, 0.25) is 0 Å². The van der Waals surface area contributed by atoms with Crippen LogP contribution in [0.4, 0.5) is 0 Å². The first-order valence-electron chi connectivity index (χ1n) is 9.14. The third-order valence-electron chi connectivity index (χ3n) is 4.79. The molecule has 25 heavy (non-hydrogen) atoms. The normalized spacial score (nSPS) is 24.3. The van der Waals surface area contributed by atoms with E-state index in [1.54, 1.807) is 0 Å². The number of carbonyl (C=O) groups excluding carboxylic acids is 1. The summed E-state index contributed by atoms with van der Waals surface area (Å²) in [5, 5.41) is 6.79. The second kappa shape index (κ2) is 9.88. The number of benzene rings is 1. The molecule has 0 radical (unpaired) electrons. The minimum absolute atomic E-state index is 0. The number of ether oxygens (including phenoxy) is 2. The summed E-state index contributed by atoms with van der Waals surface area (Å²) in [5.41, 5.74) is 0. The van der Waals surface area contributed by atoms with Gasteiger partial charge in [-0.2, -0.15) is 0 Å². The number of piperidine rings is 1. The largest absolute Gasteiger partial charge is 0.490 e. The molecule has 3 rings (SSSR count). The molecule has 0 saturated carbocycles. The lowest BCUT2D eigenvalue weighted by atomic mass is 9.99. The Morgan fingerprint density at radius 3 is 2.44 bits per heavy atom. The highest BCUT2D eigenvalue weighted by molar-refractivity contribution is 5.85. The lowest BCUT2D eigenvalue weighted by molar-refractivity contribution is -0.122. The van der Waals surface area contributed by atoms with E-state index in [1.807, 2.05) is 31.2 Å². The van der Waals surface area contributed by atoms with Crippen LogP contribution in [0.25, 0.3) is 0 Å². The molecule has 2 aliphatic heterocycles. The summed E-state index contributed by atoms with van der Waals surface area (Å²) < 4.78 is 11.3. The molecular weight excluding hydrogens is 340 g/mol. The molecule has 6 heteroatoms. The number of halogens is 1. The van der Waals surface area contributed by atoms with E-state index in [2.05, 4.69) is 10.6 Å². The molecule has 2 heterocycles. The lowest BCUT2D eigenvalue weighted by Crippen LogP contribution is -2.48. The average Bonchev–Trinajstić information content (AvgIpc) is 2.92. The van der Waals surface area contributed by atoms with Crippen LogP contribution in [0, 0.1) is 0 Å². The maximum atomic E-state index is 12.1. The van der Waals surface area contributed by atoms with Crippen LogP contribution >= 0.6 is 12.4 Å². The molecule has 2 unspecified atom stereocenters. The zero-order chi connectivity index (χ0) is 16.8. The molecule has 2 N–H and O–H groups in total. The van der Waals surface area contributed by atoms with Crippen LogP contribution in [0.1, 0.15) is 45.4 Å². The van der Waals surface area contributed by atoms with Crippen LogP contribution in [0.5, 0.6) is 11.5 Å². The first-order valence-corrected chi connectivity index (χ1v) is 9.14. The number of para-hydroxylation sites is 2. The van der Waals surface area contributed by atoms with Gasteiger partial charge in [0.2, 0.25) is 5.91 Å². The fourth-order valence-corrected chi connectivity index (χ4v) is 3.73. The van der Waals surface area contributed by atoms with Crippen LogP contribution in [-0.2, 0) is 4.79 Å². The molecule has 0 spiro atoms. The van der Waals surface area contributed by atoms with Crippen LogP contribution in [-0.4, -0.2) is 37.2 Å². The van der Waals surface area contributed by atoms with Crippen molar-refractivity contribution in [1.29, 1.82) is 0 Å². The second-order valence-corrected chi connectivity index (χ2v) is 6.71. The zero-order valence-electron chi connectivity index (χ0n) is 14.8. The molecule has 2 bridgehead atoms. The van der Waals surface area contributed by atoms with Gasteiger partial charge in [0.15, 0.2) is 11.5 Å². The van der Waals surface area contributed by atoms with Crippen molar-refractivity contribution in [3.63, 3.8) is 0 Å². The van der Waals surface area contributed by atoms with Crippen LogP contribution in [0.3, 0.4) is 0 Å². The van der Waals surface area contributed by atoms with Crippen molar-refractivity contribution >= 4 is 18.3 Å². The summed E-state index contributed by atoms with van der Waals surface area (Å²) in [5.74, 6) is 1.65. The molecule has 1 aromatic carbocycles. The van der Waals surface area contributed by atoms with E-state index in [0.717, 1.165) is 24.3 Å². The number of carbonyl (C=O) groups is 1. The predicted molar refractivity (Wildman–Crippen MR) is 101 cm³/mol. The number of amides is 1. The highest BCUT2D eigenvalue weighted by Crippen LogP contribution is 2.27. The van der Waals surface area contributed by atoms with Gasteiger partial charge in [-0.25, -0.2) is 0 Å². The highest BCUT2D eigenvalue weighted by atomic mass is 35.5. The molecule has 2 saturated heterocycles. The van der Waals surface area contributed by atoms with E-state index in [4.69, 9.17) is 9.47 Å². The van der Waals surface area contributed by atoms with Gasteiger partial charge in [0.25, 0.3) is 0 Å². The Balaban J connectivity index is 0.00000225. The third-order valence-corrected chi connectivity index (χ3v) is 4.79. The summed E-state index contributed by atoms with van der Waals surface area (Å²) in [4.78, 5) is 12.1. The van der Waals surface area contributed by atoms with Crippen LogP contribution < -0.4 is 20.1 Å². The molecule has 0 aliphatic carbocycles. The first-order chi connectivity index (χ1) is 11.7. The van der Waals surface area contributed by atoms with Gasteiger partial charge in [-0.1, -0.05) is 12.1 Å². The van der Waals surface area contributed by atoms with Crippen molar-refractivity contribution in [2.45, 2.75) is 63.6 Å². The summed E-state index contributed by atoms with van der Waals surface area (Å²) in [7, 11) is 0. The zero-order valence-corrected chi connectivity index (χ0v) is 15.6. The van der Waals surface area contributed by atoms with Gasteiger partial charge in [-0.05, 0) is 51.2 Å². The molecule has 2 aliphatic rings. The fourth-order valence-electron chi connectivity index (χ4n) is 3.73. The SMILES string of the molecule is CCOc1ccccc1OCCCC(=O)NC1CC2CCC(C1)N2.Cl.